The average molecular weight is 404 g/mol. The zero-order valence-corrected chi connectivity index (χ0v) is 16.8. The minimum atomic E-state index is -0.0561. The average Bonchev–Trinajstić information content (AvgIpc) is 3.26. The van der Waals surface area contributed by atoms with Gasteiger partial charge in [0, 0.05) is 18.8 Å². The van der Waals surface area contributed by atoms with Gasteiger partial charge in [0.2, 0.25) is 12.7 Å². The number of amides is 1. The lowest BCUT2D eigenvalue weighted by Crippen LogP contribution is -2.36. The molecule has 1 amide bonds. The molecule has 6 nitrogen and oxygen atoms in total. The summed E-state index contributed by atoms with van der Waals surface area (Å²) >= 11 is 0. The van der Waals surface area contributed by atoms with Gasteiger partial charge in [-0.25, -0.2) is 0 Å². The van der Waals surface area contributed by atoms with Gasteiger partial charge in [-0.15, -0.1) is 0 Å². The van der Waals surface area contributed by atoms with E-state index in [4.69, 9.17) is 14.2 Å². The first-order valence-electron chi connectivity index (χ1n) is 9.79. The number of hydrogen-bond acceptors (Lipinski definition) is 5. The number of rotatable bonds is 8. The number of nitrogens with zero attached hydrogens (tertiary/aromatic N) is 1. The first-order chi connectivity index (χ1) is 14.7. The van der Waals surface area contributed by atoms with Gasteiger partial charge < -0.3 is 24.4 Å². The maximum atomic E-state index is 12.7. The molecule has 0 bridgehead atoms. The second kappa shape index (κ2) is 9.22. The summed E-state index contributed by atoms with van der Waals surface area (Å²) in [5, 5.41) is 3.00. The zero-order valence-electron chi connectivity index (χ0n) is 16.8. The van der Waals surface area contributed by atoms with Crippen molar-refractivity contribution in [3.63, 3.8) is 0 Å². The van der Waals surface area contributed by atoms with Crippen molar-refractivity contribution < 1.29 is 19.0 Å². The van der Waals surface area contributed by atoms with E-state index in [1.54, 1.807) is 7.11 Å². The van der Waals surface area contributed by atoms with Crippen molar-refractivity contribution >= 4 is 11.6 Å². The summed E-state index contributed by atoms with van der Waals surface area (Å²) in [6, 6.07) is 23.5. The molecule has 30 heavy (non-hydrogen) atoms. The molecule has 1 aliphatic heterocycles. The van der Waals surface area contributed by atoms with Crippen LogP contribution in [0.25, 0.3) is 0 Å². The highest BCUT2D eigenvalue weighted by molar-refractivity contribution is 5.81. The van der Waals surface area contributed by atoms with E-state index in [2.05, 4.69) is 17.4 Å². The zero-order chi connectivity index (χ0) is 20.8. The van der Waals surface area contributed by atoms with Gasteiger partial charge in [-0.2, -0.15) is 0 Å². The van der Waals surface area contributed by atoms with Crippen molar-refractivity contribution in [2.75, 3.05) is 25.3 Å². The lowest BCUT2D eigenvalue weighted by Gasteiger charge is -2.25. The highest BCUT2D eigenvalue weighted by Gasteiger charge is 2.15. The molecule has 1 aliphatic rings. The van der Waals surface area contributed by atoms with Crippen molar-refractivity contribution in [1.82, 2.24) is 5.32 Å². The molecule has 0 saturated carbocycles. The van der Waals surface area contributed by atoms with Crippen LogP contribution in [0.15, 0.2) is 72.8 Å². The smallest absolute Gasteiger partial charge is 0.239 e. The molecule has 1 heterocycles. The second-order valence-electron chi connectivity index (χ2n) is 7.00. The maximum absolute atomic E-state index is 12.7. The van der Waals surface area contributed by atoms with E-state index in [0.717, 1.165) is 28.3 Å². The van der Waals surface area contributed by atoms with E-state index in [9.17, 15) is 4.79 Å². The number of anilines is 1. The van der Waals surface area contributed by atoms with Crippen LogP contribution in [0.4, 0.5) is 5.69 Å². The summed E-state index contributed by atoms with van der Waals surface area (Å²) in [4.78, 5) is 14.8. The Morgan fingerprint density at radius 2 is 1.73 bits per heavy atom. The first kappa shape index (κ1) is 19.6. The van der Waals surface area contributed by atoms with Gasteiger partial charge in [-0.1, -0.05) is 36.4 Å². The number of methoxy groups -OCH3 is 1. The summed E-state index contributed by atoms with van der Waals surface area (Å²) in [6.07, 6.45) is 0. The maximum Gasteiger partial charge on any atom is 0.239 e. The number of nitrogens with one attached hydrogen (secondary N) is 1. The molecule has 0 radical (unpaired) electrons. The van der Waals surface area contributed by atoms with Crippen LogP contribution in [-0.4, -0.2) is 26.4 Å². The predicted octanol–water partition coefficient (Wildman–Crippen LogP) is 3.75. The fourth-order valence-corrected chi connectivity index (χ4v) is 3.32. The van der Waals surface area contributed by atoms with Crippen LogP contribution in [0.3, 0.4) is 0 Å². The second-order valence-corrected chi connectivity index (χ2v) is 7.00. The van der Waals surface area contributed by atoms with Crippen molar-refractivity contribution in [1.29, 1.82) is 0 Å². The topological polar surface area (TPSA) is 60.0 Å². The first-order valence-corrected chi connectivity index (χ1v) is 9.79. The Labute approximate surface area is 176 Å². The Morgan fingerprint density at radius 3 is 2.50 bits per heavy atom. The minimum absolute atomic E-state index is 0.0561. The number of fused-ring (bicyclic) bond motifs is 1. The number of ether oxygens (including phenoxy) is 3. The highest BCUT2D eigenvalue weighted by atomic mass is 16.7. The lowest BCUT2D eigenvalue weighted by atomic mass is 10.2. The molecule has 0 aliphatic carbocycles. The van der Waals surface area contributed by atoms with E-state index in [-0.39, 0.29) is 19.2 Å². The predicted molar refractivity (Wildman–Crippen MR) is 115 cm³/mol. The summed E-state index contributed by atoms with van der Waals surface area (Å²) in [6.45, 7) is 1.54. The Hall–Kier alpha value is -3.67. The summed E-state index contributed by atoms with van der Waals surface area (Å²) in [5.41, 5.74) is 3.06. The molecule has 6 heteroatoms. The Kier molecular flexibility index (Phi) is 6.03. The van der Waals surface area contributed by atoms with Crippen LogP contribution in [0.5, 0.6) is 17.2 Å². The van der Waals surface area contributed by atoms with E-state index in [1.807, 2.05) is 65.6 Å². The Balaban J connectivity index is 1.42. The van der Waals surface area contributed by atoms with Crippen LogP contribution in [0.1, 0.15) is 11.1 Å². The summed E-state index contributed by atoms with van der Waals surface area (Å²) in [5.74, 6) is 2.18. The number of carbonyl (C=O) groups is 1. The van der Waals surface area contributed by atoms with Crippen LogP contribution in [-0.2, 0) is 17.9 Å². The van der Waals surface area contributed by atoms with Crippen LogP contribution in [0, 0.1) is 0 Å². The minimum Gasteiger partial charge on any atom is -0.497 e. The van der Waals surface area contributed by atoms with Gasteiger partial charge in [0.1, 0.15) is 5.75 Å². The number of carbonyl (C=O) groups excluding carboxylic acids is 1. The van der Waals surface area contributed by atoms with Gasteiger partial charge >= 0.3 is 0 Å². The molecule has 4 rings (SSSR count). The summed E-state index contributed by atoms with van der Waals surface area (Å²) < 4.78 is 16.0. The molecule has 154 valence electrons. The molecular weight excluding hydrogens is 380 g/mol. The Bertz CT molecular complexity index is 990. The van der Waals surface area contributed by atoms with Crippen molar-refractivity contribution in [2.24, 2.45) is 0 Å². The molecule has 0 saturated heterocycles. The van der Waals surface area contributed by atoms with Crippen molar-refractivity contribution in [2.45, 2.75) is 13.1 Å². The van der Waals surface area contributed by atoms with Crippen LogP contribution in [0.2, 0.25) is 0 Å². The van der Waals surface area contributed by atoms with Gasteiger partial charge in [0.05, 0.1) is 13.7 Å². The number of hydrogen-bond donors (Lipinski definition) is 1. The number of benzene rings is 3. The fourth-order valence-electron chi connectivity index (χ4n) is 3.32. The third-order valence-electron chi connectivity index (χ3n) is 4.91. The van der Waals surface area contributed by atoms with Crippen molar-refractivity contribution in [3.05, 3.63) is 83.9 Å². The van der Waals surface area contributed by atoms with Gasteiger partial charge in [-0.05, 0) is 47.5 Å². The molecular formula is C24H24N2O4. The third kappa shape index (κ3) is 4.84. The van der Waals surface area contributed by atoms with Crippen molar-refractivity contribution in [3.8, 4) is 17.2 Å². The fraction of sp³-hybridized carbons (Fsp3) is 0.208. The lowest BCUT2D eigenvalue weighted by molar-refractivity contribution is -0.119. The Morgan fingerprint density at radius 1 is 0.967 bits per heavy atom. The monoisotopic (exact) mass is 404 g/mol. The molecule has 0 fully saturated rings. The van der Waals surface area contributed by atoms with E-state index >= 15 is 0 Å². The molecule has 0 spiro atoms. The molecule has 3 aromatic rings. The molecule has 1 N–H and O–H groups in total. The highest BCUT2D eigenvalue weighted by Crippen LogP contribution is 2.32. The van der Waals surface area contributed by atoms with Crippen LogP contribution >= 0.6 is 0 Å². The normalized spacial score (nSPS) is 11.8. The van der Waals surface area contributed by atoms with Gasteiger partial charge in [0.25, 0.3) is 0 Å². The largest absolute Gasteiger partial charge is 0.497 e. The van der Waals surface area contributed by atoms with Gasteiger partial charge in [-0.3, -0.25) is 4.79 Å². The molecule has 0 unspecified atom stereocenters. The van der Waals surface area contributed by atoms with Crippen LogP contribution < -0.4 is 24.4 Å². The SMILES string of the molecule is COc1ccc(N(CC(=O)NCc2ccc3c(c2)OCO3)Cc2ccccc2)cc1. The molecule has 3 aromatic carbocycles. The third-order valence-corrected chi connectivity index (χ3v) is 4.91. The van der Waals surface area contributed by atoms with E-state index < -0.39 is 0 Å². The van der Waals surface area contributed by atoms with Gasteiger partial charge in [0.15, 0.2) is 11.5 Å². The standard InChI is InChI=1S/C24H24N2O4/c1-28-21-10-8-20(9-11-21)26(15-18-5-3-2-4-6-18)16-24(27)25-14-19-7-12-22-23(13-19)30-17-29-22/h2-13H,14-17H2,1H3,(H,25,27). The van der Waals surface area contributed by atoms with E-state index in [1.165, 1.54) is 0 Å². The molecule has 0 aromatic heterocycles. The molecule has 0 atom stereocenters. The summed E-state index contributed by atoms with van der Waals surface area (Å²) in [7, 11) is 1.64. The quantitative estimate of drug-likeness (QED) is 0.620. The van der Waals surface area contributed by atoms with E-state index in [0.29, 0.717) is 18.8 Å².